The Morgan fingerprint density at radius 3 is 1.57 bits per heavy atom. The monoisotopic (exact) mass is 1790 g/mol. The Morgan fingerprint density at radius 1 is 0.551 bits per heavy atom. The normalized spacial score (nSPS) is 16.6. The zero-order valence-electron chi connectivity index (χ0n) is 72.8. The minimum atomic E-state index is -4.55. The van der Waals surface area contributed by atoms with Crippen LogP contribution in [0.15, 0.2) is 164 Å². The molecule has 0 aliphatic carbocycles. The molecule has 0 unspecified atom stereocenters. The molecule has 0 radical (unpaired) electrons. The Kier molecular flexibility index (Phi) is 31.4. The Hall–Kier alpha value is -11.3. The van der Waals surface area contributed by atoms with Gasteiger partial charge in [-0.15, -0.1) is 22.7 Å². The largest absolute Gasteiger partial charge is 0.417 e. The first-order chi connectivity index (χ1) is 60.5. The van der Waals surface area contributed by atoms with Crippen molar-refractivity contribution in [2.45, 2.75) is 181 Å². The van der Waals surface area contributed by atoms with E-state index in [1.54, 1.807) is 88.3 Å². The van der Waals surface area contributed by atoms with E-state index in [9.17, 15) is 60.5 Å². The molecule has 5 aromatic carbocycles. The number of unbranched alkanes of at least 4 members (excludes halogenated alkanes) is 4. The van der Waals surface area contributed by atoms with Gasteiger partial charge in [-0.1, -0.05) is 115 Å². The maximum atomic E-state index is 15.4. The van der Waals surface area contributed by atoms with Gasteiger partial charge < -0.3 is 76.4 Å². The number of alkyl halides is 6. The molecule has 12 rings (SSSR count). The van der Waals surface area contributed by atoms with E-state index in [-0.39, 0.29) is 88.2 Å². The highest BCUT2D eigenvalue weighted by Crippen LogP contribution is 2.39. The molecule has 8 atom stereocenters. The quantitative estimate of drug-likeness (QED) is 0.0126. The molecule has 127 heavy (non-hydrogen) atoms. The number of aryl methyl sites for hydroxylation is 4. The van der Waals surface area contributed by atoms with Gasteiger partial charge >= 0.3 is 12.4 Å². The highest BCUT2D eigenvalue weighted by Gasteiger charge is 2.47. The summed E-state index contributed by atoms with van der Waals surface area (Å²) in [4.78, 5) is 113. The first-order valence-corrected chi connectivity index (χ1v) is 44.4. The van der Waals surface area contributed by atoms with Crippen molar-refractivity contribution < 1.29 is 70.1 Å². The number of aliphatic hydroxyl groups is 2. The second-order valence-corrected chi connectivity index (χ2v) is 36.1. The molecule has 6 amide bonds. The van der Waals surface area contributed by atoms with E-state index in [0.717, 1.165) is 87.1 Å². The van der Waals surface area contributed by atoms with Gasteiger partial charge in [-0.25, -0.2) is 24.9 Å². The number of hydrogen-bond donors (Lipinski definition) is 10. The third kappa shape index (κ3) is 25.0. The molecule has 0 bridgehead atoms. The van der Waals surface area contributed by atoms with E-state index in [4.69, 9.17) is 9.72 Å². The number of rotatable bonds is 39. The summed E-state index contributed by atoms with van der Waals surface area (Å²) < 4.78 is 88.9. The van der Waals surface area contributed by atoms with Crippen LogP contribution in [0.1, 0.15) is 172 Å². The number of hydrogen-bond acceptors (Lipinski definition) is 20. The molecule has 7 heterocycles. The van der Waals surface area contributed by atoms with E-state index in [2.05, 4.69) is 62.5 Å². The summed E-state index contributed by atoms with van der Waals surface area (Å²) in [6.45, 7) is 17.2. The lowest BCUT2D eigenvalue weighted by Gasteiger charge is -2.38. The average molecular weight is 1790 g/mol. The minimum Gasteiger partial charge on any atom is -0.391 e. The number of halogens is 6. The van der Waals surface area contributed by atoms with Crippen molar-refractivity contribution in [3.63, 3.8) is 0 Å². The summed E-state index contributed by atoms with van der Waals surface area (Å²) >= 11 is 3.04. The van der Waals surface area contributed by atoms with Crippen LogP contribution >= 0.6 is 22.7 Å². The second kappa shape index (κ2) is 42.1. The first-order valence-electron chi connectivity index (χ1n) is 42.6. The summed E-state index contributed by atoms with van der Waals surface area (Å²) in [6, 6.07) is 28.5. The topological polar surface area (TPSA) is 329 Å². The number of nitrogens with one attached hydrogen (secondary N) is 8. The zero-order chi connectivity index (χ0) is 91.1. The van der Waals surface area contributed by atoms with Gasteiger partial charge in [0.25, 0.3) is 11.8 Å². The fourth-order valence-corrected chi connectivity index (χ4v) is 17.5. The smallest absolute Gasteiger partial charge is 0.391 e. The maximum Gasteiger partial charge on any atom is 0.417 e. The van der Waals surface area contributed by atoms with Gasteiger partial charge in [0, 0.05) is 118 Å². The number of carbonyl (C=O) groups is 6. The predicted octanol–water partition coefficient (Wildman–Crippen LogP) is 14.6. The number of pyridine rings is 1. The first kappa shape index (κ1) is 94.9. The number of imidazole rings is 2. The molecule has 10 N–H and O–H groups in total. The molecule has 10 aromatic rings. The zero-order valence-corrected chi connectivity index (χ0v) is 74.4. The van der Waals surface area contributed by atoms with Crippen LogP contribution in [-0.2, 0) is 63.3 Å². The summed E-state index contributed by atoms with van der Waals surface area (Å²) in [6.07, 6.45) is 1.62. The van der Waals surface area contributed by atoms with Crippen molar-refractivity contribution >= 4 is 75.3 Å². The highest BCUT2D eigenvalue weighted by molar-refractivity contribution is 7.13. The van der Waals surface area contributed by atoms with Crippen LogP contribution in [0.4, 0.5) is 43.5 Å². The predicted molar refractivity (Wildman–Crippen MR) is 477 cm³/mol. The highest BCUT2D eigenvalue weighted by atomic mass is 32.1. The molecule has 5 aromatic heterocycles. The van der Waals surface area contributed by atoms with Crippen LogP contribution in [0.3, 0.4) is 0 Å². The molecule has 34 heteroatoms. The summed E-state index contributed by atoms with van der Waals surface area (Å²) in [5, 5.41) is 47.7. The number of ether oxygens (including phenoxy) is 1. The molecule has 2 aliphatic heterocycles. The number of amides is 6. The molecule has 2 aliphatic rings. The van der Waals surface area contributed by atoms with Crippen LogP contribution in [0.25, 0.3) is 43.4 Å². The van der Waals surface area contributed by atoms with Gasteiger partial charge in [-0.3, -0.25) is 28.8 Å². The molecule has 2 saturated heterocycles. The van der Waals surface area contributed by atoms with Crippen molar-refractivity contribution in [2.24, 2.45) is 24.9 Å². The van der Waals surface area contributed by atoms with E-state index in [0.29, 0.717) is 89.4 Å². The van der Waals surface area contributed by atoms with E-state index < -0.39 is 94.6 Å². The van der Waals surface area contributed by atoms with E-state index in [1.807, 2.05) is 123 Å². The minimum absolute atomic E-state index is 0.0258. The SMILES string of the molecule is Cc1ncsc1-c1ccc([C@H](C)NC(=O)[C@@H]2C[C@@H](O)CN2C(=O)[C@@H](NCCCCCCCNC(=O)c2ccc(NCc3ccc(C(F)(F)F)cc3)c(-c3cn(C)cn3)c2)C(C)(C)CCc2ncsc2-c2ccc([C@H](C)NC(=O)[C@@H]3C[C@@H](O)CN3C(=O)[C@@H](NCCOCCNC(=O)c3ccc(Nc4ccc(C(F)(F)F)cn4)c(-c4cn(C)cn4)c3)C(C)(C)C)cc2)cc1. The van der Waals surface area contributed by atoms with E-state index in [1.165, 1.54) is 39.3 Å². The Bertz CT molecular complexity index is 5400. The van der Waals surface area contributed by atoms with Crippen LogP contribution in [0.2, 0.25) is 0 Å². The average Bonchev–Trinajstić information content (AvgIpc) is 1.71. The van der Waals surface area contributed by atoms with Crippen LogP contribution < -0.4 is 42.5 Å². The molecule has 0 spiro atoms. The van der Waals surface area contributed by atoms with Crippen LogP contribution in [-0.4, -0.2) is 178 Å². The number of thiazole rings is 2. The number of aliphatic hydroxyl groups excluding tert-OH is 2. The number of likely N-dealkylation sites (tertiary alicyclic amines) is 2. The molecular weight excluding hydrogens is 1680 g/mol. The lowest BCUT2D eigenvalue weighted by molar-refractivity contribution is -0.142. The molecule has 676 valence electrons. The van der Waals surface area contributed by atoms with Gasteiger partial charge in [0.1, 0.15) is 17.9 Å². The maximum absolute atomic E-state index is 15.4. The summed E-state index contributed by atoms with van der Waals surface area (Å²) in [7, 11) is 3.61. The van der Waals surface area contributed by atoms with Crippen molar-refractivity contribution in [1.82, 2.24) is 75.8 Å². The molecular formula is C93H111F6N17O9S2. The lowest BCUT2D eigenvalue weighted by atomic mass is 9.78. The van der Waals surface area contributed by atoms with Gasteiger partial charge in [0.15, 0.2) is 0 Å². The number of carbonyl (C=O) groups excluding carboxylic acids is 6. The van der Waals surface area contributed by atoms with Gasteiger partial charge in [-0.2, -0.15) is 26.3 Å². The van der Waals surface area contributed by atoms with Gasteiger partial charge in [0.05, 0.1) is 117 Å². The third-order valence-corrected chi connectivity index (χ3v) is 25.0. The van der Waals surface area contributed by atoms with Crippen molar-refractivity contribution in [3.05, 3.63) is 214 Å². The number of aromatic nitrogens is 7. The van der Waals surface area contributed by atoms with Gasteiger partial charge in [0.2, 0.25) is 23.6 Å². The lowest BCUT2D eigenvalue weighted by Crippen LogP contribution is -2.57. The number of nitrogens with zero attached hydrogens (tertiary/aromatic N) is 9. The standard InChI is InChI=1S/C93H111F6N17O9S2/c1-56(60-18-22-62(23-19-60)80-58(3)108-54-126-80)111-87(122)78-45-69(118)49-116(78)89(124)83(100-36-14-12-11-13-15-37-102-84(119)64-26-31-72(70(42-64)75-50-113(9)52-106-75)104-46-59-16-28-66(29-17-59)92(94,95)96)91(7,8)35-34-74-81(127-55-109-74)63-24-20-61(21-25-63)57(2)110-86(121)77-44-68(117)48-115(77)88(123)82(90(4,5)6)101-38-40-125-41-39-103-85(120)65-27-32-73(71(43-65)76-51-114(10)53-107-76)112-79-33-30-67(47-105-79)93(97,98)99/h16-33,42-43,47,50-57,68-69,77-78,82-83,100-101,104,117-118H,11-15,34-41,44-46,48-49H2,1-10H3,(H,102,119)(H,103,120)(H,105,112)(H,110,121)(H,111,122)/t56-,57-,68+,69+,77-,78-,82+,83+/m0/s1. The van der Waals surface area contributed by atoms with Crippen molar-refractivity contribution in [2.75, 3.05) is 63.1 Å². The number of β-amino-alcohol motifs (C(OH)–C–C–N with tert-alkyl or cyclic N) is 2. The summed E-state index contributed by atoms with van der Waals surface area (Å²) in [5.41, 5.74) is 10.7. The number of benzene rings is 5. The molecule has 0 saturated carbocycles. The van der Waals surface area contributed by atoms with Crippen molar-refractivity contribution in [1.29, 1.82) is 0 Å². The third-order valence-electron chi connectivity index (χ3n) is 23.1. The van der Waals surface area contributed by atoms with Gasteiger partial charge in [-0.05, 0) is 152 Å². The van der Waals surface area contributed by atoms with E-state index >= 15 is 4.79 Å². The van der Waals surface area contributed by atoms with Crippen LogP contribution in [0, 0.1) is 17.8 Å². The number of anilines is 3. The Morgan fingerprint density at radius 2 is 1.05 bits per heavy atom. The molecule has 26 nitrogen and oxygen atoms in total. The fraction of sp³-hybridized carbons (Fsp3) is 0.430. The molecule has 2 fully saturated rings. The Labute approximate surface area is 743 Å². The summed E-state index contributed by atoms with van der Waals surface area (Å²) in [5.74, 6) is -1.96. The fourth-order valence-electron chi connectivity index (χ4n) is 15.9. The van der Waals surface area contributed by atoms with Crippen molar-refractivity contribution in [3.8, 4) is 43.4 Å². The van der Waals surface area contributed by atoms with Crippen LogP contribution in [0.5, 0.6) is 0 Å². The second-order valence-electron chi connectivity index (χ2n) is 34.4. The Balaban J connectivity index is 0.630.